The van der Waals surface area contributed by atoms with Crippen LogP contribution in [0.4, 0.5) is 5.69 Å². The number of carbonyl (C=O) groups is 1. The maximum absolute atomic E-state index is 12.7. The number of aromatic carboxylic acids is 1. The topological polar surface area (TPSA) is 83.9 Å². The summed E-state index contributed by atoms with van der Waals surface area (Å²) in [5.41, 5.74) is 1.53. The van der Waals surface area contributed by atoms with E-state index in [0.717, 1.165) is 5.56 Å². The van der Waals surface area contributed by atoms with Gasteiger partial charge in [0.2, 0.25) is 10.0 Å². The van der Waals surface area contributed by atoms with Crippen molar-refractivity contribution < 1.29 is 23.1 Å². The molecule has 0 bridgehead atoms. The molecule has 0 saturated heterocycles. The highest BCUT2D eigenvalue weighted by Crippen LogP contribution is 2.31. The third kappa shape index (κ3) is 5.47. The zero-order valence-electron chi connectivity index (χ0n) is 15.6. The Bertz CT molecular complexity index is 862. The van der Waals surface area contributed by atoms with Crippen molar-refractivity contribution in [1.29, 1.82) is 0 Å². The molecule has 6 nitrogen and oxygen atoms in total. The van der Waals surface area contributed by atoms with Crippen molar-refractivity contribution in [3.63, 3.8) is 0 Å². The minimum atomic E-state index is -3.42. The van der Waals surface area contributed by atoms with Crippen molar-refractivity contribution >= 4 is 21.7 Å². The zero-order chi connectivity index (χ0) is 19.9. The number of carboxylic acid groups (broad SMARTS) is 1. The van der Waals surface area contributed by atoms with E-state index in [-0.39, 0.29) is 17.9 Å². The molecule has 27 heavy (non-hydrogen) atoms. The van der Waals surface area contributed by atoms with Gasteiger partial charge in [0, 0.05) is 6.54 Å². The lowest BCUT2D eigenvalue weighted by molar-refractivity contribution is 0.0697. The third-order valence-electron chi connectivity index (χ3n) is 3.95. The summed E-state index contributed by atoms with van der Waals surface area (Å²) in [5, 5.41) is 8.96. The number of para-hydroxylation sites is 2. The van der Waals surface area contributed by atoms with E-state index in [1.54, 1.807) is 36.4 Å². The van der Waals surface area contributed by atoms with Gasteiger partial charge in [-0.2, -0.15) is 0 Å². The molecule has 0 aromatic heterocycles. The molecule has 0 saturated carbocycles. The first-order valence-corrected chi connectivity index (χ1v) is 10.5. The summed E-state index contributed by atoms with van der Waals surface area (Å²) in [6.07, 6.45) is 1.23. The first kappa shape index (κ1) is 20.8. The van der Waals surface area contributed by atoms with Crippen LogP contribution in [0.5, 0.6) is 5.75 Å². The van der Waals surface area contributed by atoms with Crippen LogP contribution >= 0.6 is 0 Å². The van der Waals surface area contributed by atoms with Crippen LogP contribution in [0, 0.1) is 0 Å². The Labute approximate surface area is 160 Å². The number of sulfonamides is 1. The molecule has 0 atom stereocenters. The minimum absolute atomic E-state index is 0.0813. The molecule has 0 heterocycles. The standard InChI is InChI=1S/C20H25NO5S/c1-3-13-21(27(24,25)14-4-2)18-7-5-6-8-19(18)26-15-16-9-11-17(12-10-16)20(22)23/h5-12H,3-4,13-15H2,1-2H3,(H,22,23). The summed E-state index contributed by atoms with van der Waals surface area (Å²) in [5.74, 6) is -0.421. The highest BCUT2D eigenvalue weighted by Gasteiger charge is 2.23. The Morgan fingerprint density at radius 1 is 1.04 bits per heavy atom. The van der Waals surface area contributed by atoms with Crippen molar-refractivity contribution in [2.24, 2.45) is 0 Å². The Kier molecular flexibility index (Phi) is 7.24. The SMILES string of the molecule is CCCN(c1ccccc1OCc1ccc(C(=O)O)cc1)S(=O)(=O)CCC. The normalized spacial score (nSPS) is 11.2. The highest BCUT2D eigenvalue weighted by molar-refractivity contribution is 7.92. The van der Waals surface area contributed by atoms with E-state index in [9.17, 15) is 13.2 Å². The van der Waals surface area contributed by atoms with Gasteiger partial charge in [0.05, 0.1) is 17.0 Å². The van der Waals surface area contributed by atoms with Crippen molar-refractivity contribution in [3.05, 3.63) is 59.7 Å². The van der Waals surface area contributed by atoms with E-state index in [4.69, 9.17) is 9.84 Å². The molecule has 2 rings (SSSR count). The van der Waals surface area contributed by atoms with Crippen molar-refractivity contribution in [2.75, 3.05) is 16.6 Å². The molecule has 7 heteroatoms. The molecule has 2 aromatic carbocycles. The fraction of sp³-hybridized carbons (Fsp3) is 0.350. The quantitative estimate of drug-likeness (QED) is 0.664. The lowest BCUT2D eigenvalue weighted by Gasteiger charge is -2.26. The molecule has 0 aliphatic rings. The highest BCUT2D eigenvalue weighted by atomic mass is 32.2. The molecule has 146 valence electrons. The molecule has 0 spiro atoms. The van der Waals surface area contributed by atoms with Crippen LogP contribution in [0.3, 0.4) is 0 Å². The first-order valence-electron chi connectivity index (χ1n) is 8.93. The number of nitrogens with zero attached hydrogens (tertiary/aromatic N) is 1. The van der Waals surface area contributed by atoms with Gasteiger partial charge < -0.3 is 9.84 Å². The molecule has 0 aliphatic carbocycles. The number of benzene rings is 2. The lowest BCUT2D eigenvalue weighted by Crippen LogP contribution is -2.34. The monoisotopic (exact) mass is 391 g/mol. The number of hydrogen-bond acceptors (Lipinski definition) is 4. The van der Waals surface area contributed by atoms with E-state index in [2.05, 4.69) is 0 Å². The van der Waals surface area contributed by atoms with Gasteiger partial charge in [-0.05, 0) is 42.7 Å². The average molecular weight is 391 g/mol. The van der Waals surface area contributed by atoms with Crippen LogP contribution in [0.25, 0.3) is 0 Å². The summed E-state index contributed by atoms with van der Waals surface area (Å²) >= 11 is 0. The summed E-state index contributed by atoms with van der Waals surface area (Å²) in [4.78, 5) is 10.9. The van der Waals surface area contributed by atoms with Crippen molar-refractivity contribution in [1.82, 2.24) is 0 Å². The maximum Gasteiger partial charge on any atom is 0.335 e. The lowest BCUT2D eigenvalue weighted by atomic mass is 10.1. The Balaban J connectivity index is 2.24. The van der Waals surface area contributed by atoms with Crippen LogP contribution in [-0.2, 0) is 16.6 Å². The van der Waals surface area contributed by atoms with Gasteiger partial charge in [-0.3, -0.25) is 4.31 Å². The Morgan fingerprint density at radius 3 is 2.30 bits per heavy atom. The predicted octanol–water partition coefficient (Wildman–Crippen LogP) is 3.92. The summed E-state index contributed by atoms with van der Waals surface area (Å²) in [6, 6.07) is 13.5. The second-order valence-corrected chi connectivity index (χ2v) is 8.16. The van der Waals surface area contributed by atoms with Gasteiger partial charge >= 0.3 is 5.97 Å². The van der Waals surface area contributed by atoms with E-state index in [1.165, 1.54) is 16.4 Å². The molecule has 0 fully saturated rings. The van der Waals surface area contributed by atoms with E-state index < -0.39 is 16.0 Å². The largest absolute Gasteiger partial charge is 0.487 e. The van der Waals surface area contributed by atoms with Gasteiger partial charge in [-0.25, -0.2) is 13.2 Å². The number of hydrogen-bond donors (Lipinski definition) is 1. The van der Waals surface area contributed by atoms with Crippen LogP contribution in [0.15, 0.2) is 48.5 Å². The van der Waals surface area contributed by atoms with E-state index in [0.29, 0.717) is 30.8 Å². The smallest absolute Gasteiger partial charge is 0.335 e. The molecule has 0 radical (unpaired) electrons. The average Bonchev–Trinajstić information content (AvgIpc) is 2.65. The second-order valence-electron chi connectivity index (χ2n) is 6.15. The summed E-state index contributed by atoms with van der Waals surface area (Å²) in [6.45, 7) is 4.37. The first-order chi connectivity index (χ1) is 12.9. The maximum atomic E-state index is 12.7. The van der Waals surface area contributed by atoms with E-state index >= 15 is 0 Å². The fourth-order valence-corrected chi connectivity index (χ4v) is 4.32. The Hall–Kier alpha value is -2.54. The summed E-state index contributed by atoms with van der Waals surface area (Å²) < 4.78 is 32.6. The van der Waals surface area contributed by atoms with Crippen LogP contribution in [-0.4, -0.2) is 31.8 Å². The predicted molar refractivity (Wildman–Crippen MR) is 106 cm³/mol. The van der Waals surface area contributed by atoms with Crippen molar-refractivity contribution in [2.45, 2.75) is 33.3 Å². The number of anilines is 1. The minimum Gasteiger partial charge on any atom is -0.487 e. The molecule has 1 N–H and O–H groups in total. The second kappa shape index (κ2) is 9.41. The zero-order valence-corrected chi connectivity index (χ0v) is 16.4. The number of ether oxygens (including phenoxy) is 1. The summed E-state index contributed by atoms with van der Waals surface area (Å²) in [7, 11) is -3.42. The molecular weight excluding hydrogens is 366 g/mol. The molecule has 2 aromatic rings. The van der Waals surface area contributed by atoms with Gasteiger partial charge in [0.25, 0.3) is 0 Å². The molecule has 0 unspecified atom stereocenters. The van der Waals surface area contributed by atoms with Crippen LogP contribution < -0.4 is 9.04 Å². The third-order valence-corrected chi connectivity index (χ3v) is 5.93. The molecule has 0 aliphatic heterocycles. The number of carboxylic acids is 1. The van der Waals surface area contributed by atoms with Crippen LogP contribution in [0.1, 0.15) is 42.6 Å². The van der Waals surface area contributed by atoms with Gasteiger partial charge in [0.1, 0.15) is 12.4 Å². The number of rotatable bonds is 10. The van der Waals surface area contributed by atoms with Crippen LogP contribution in [0.2, 0.25) is 0 Å². The van der Waals surface area contributed by atoms with Gasteiger partial charge in [0.15, 0.2) is 0 Å². The van der Waals surface area contributed by atoms with Gasteiger partial charge in [-0.1, -0.05) is 38.1 Å². The molecule has 0 amide bonds. The van der Waals surface area contributed by atoms with E-state index in [1.807, 2.05) is 13.8 Å². The van der Waals surface area contributed by atoms with Crippen molar-refractivity contribution in [3.8, 4) is 5.75 Å². The van der Waals surface area contributed by atoms with Gasteiger partial charge in [-0.15, -0.1) is 0 Å². The molecular formula is C20H25NO5S. The Morgan fingerprint density at radius 2 is 1.70 bits per heavy atom. The fourth-order valence-electron chi connectivity index (χ4n) is 2.67.